The van der Waals surface area contributed by atoms with Gasteiger partial charge in [-0.3, -0.25) is 4.99 Å². The molecule has 2 aromatic heterocycles. The fraction of sp³-hybridized carbons (Fsp3) is 0.343. The Hall–Kier alpha value is -3.42. The molecule has 3 heterocycles. The Balaban J connectivity index is 0.976. The van der Waals surface area contributed by atoms with Crippen molar-refractivity contribution < 1.29 is 4.74 Å². The Morgan fingerprint density at radius 1 is 0.929 bits per heavy atom. The lowest BCUT2D eigenvalue weighted by Gasteiger charge is -2.34. The number of aromatic nitrogens is 2. The van der Waals surface area contributed by atoms with E-state index in [4.69, 9.17) is 9.72 Å². The summed E-state index contributed by atoms with van der Waals surface area (Å²) < 4.78 is 7.72. The lowest BCUT2D eigenvalue weighted by atomic mass is 9.95. The van der Waals surface area contributed by atoms with E-state index in [-0.39, 0.29) is 0 Å². The van der Waals surface area contributed by atoms with Gasteiger partial charge in [0, 0.05) is 63.2 Å². The maximum absolute atomic E-state index is 5.40. The number of aryl methyl sites for hydroxylation is 1. The monoisotopic (exact) mass is 561 g/mol. The fourth-order valence-electron chi connectivity index (χ4n) is 6.08. The second-order valence-electron chi connectivity index (χ2n) is 11.1. The Kier molecular flexibility index (Phi) is 9.36. The summed E-state index contributed by atoms with van der Waals surface area (Å²) >= 11 is 0. The zero-order valence-electron chi connectivity index (χ0n) is 24.8. The maximum atomic E-state index is 5.40. The van der Waals surface area contributed by atoms with E-state index >= 15 is 0 Å². The molecule has 0 spiro atoms. The molecule has 5 radical (unpaired) electrons. The topological polar surface area (TPSA) is 57.4 Å². The average molecular weight is 562 g/mol. The van der Waals surface area contributed by atoms with Crippen molar-refractivity contribution in [3.05, 3.63) is 103 Å². The van der Waals surface area contributed by atoms with Crippen LogP contribution in [0, 0.1) is 38.5 Å². The first-order valence-electron chi connectivity index (χ1n) is 15.1. The molecule has 0 amide bonds. The molecule has 2 aliphatic rings. The van der Waals surface area contributed by atoms with Gasteiger partial charge in [-0.2, -0.15) is 0 Å². The number of para-hydroxylation sites is 3. The third-order valence-electron chi connectivity index (χ3n) is 8.28. The molecule has 6 rings (SSSR count). The van der Waals surface area contributed by atoms with Crippen LogP contribution in [0.4, 0.5) is 5.82 Å². The van der Waals surface area contributed by atoms with E-state index < -0.39 is 0 Å². The molecule has 7 heteroatoms. The van der Waals surface area contributed by atoms with Gasteiger partial charge < -0.3 is 24.3 Å². The molecule has 1 saturated carbocycles. The number of fused-ring (bicyclic) bond motifs is 3. The summed E-state index contributed by atoms with van der Waals surface area (Å²) in [7, 11) is 1.70. The van der Waals surface area contributed by atoms with Gasteiger partial charge in [-0.05, 0) is 93.9 Å². The van der Waals surface area contributed by atoms with Crippen molar-refractivity contribution in [2.45, 2.75) is 19.8 Å². The van der Waals surface area contributed by atoms with Crippen molar-refractivity contribution in [2.24, 2.45) is 4.99 Å². The molecule has 0 atom stereocenters. The number of nitrogens with zero attached hydrogens (tertiary/aromatic N) is 5. The van der Waals surface area contributed by atoms with Gasteiger partial charge >= 0.3 is 0 Å². The predicted octanol–water partition coefficient (Wildman–Crippen LogP) is 5.49. The second kappa shape index (κ2) is 13.7. The summed E-state index contributed by atoms with van der Waals surface area (Å²) in [6, 6.07) is 16.4. The minimum absolute atomic E-state index is 0.842. The summed E-state index contributed by atoms with van der Waals surface area (Å²) in [6.07, 6.45) is 14.9. The van der Waals surface area contributed by atoms with Crippen molar-refractivity contribution in [2.75, 3.05) is 64.8 Å². The van der Waals surface area contributed by atoms with Crippen LogP contribution in [0.2, 0.25) is 0 Å². The second-order valence-corrected chi connectivity index (χ2v) is 11.1. The standard InChI is InChI=1S/C35H41N6O/c1-27-26-41-31-15-7-6-14-30(31)38-35(34(41)33(27)28-11-3-4-12-28)37-18-10-20-40-23-21-39(22-24-40)19-9-17-36-25-29-13-5-8-16-32(29)42-2/h3-8,11-16,25-26H,9-10,17-24H2,1-2H3,(H,37,38). The van der Waals surface area contributed by atoms with Gasteiger partial charge in [0.1, 0.15) is 5.75 Å². The quantitative estimate of drug-likeness (QED) is 0.183. The van der Waals surface area contributed by atoms with Crippen LogP contribution in [0.25, 0.3) is 16.6 Å². The molecule has 1 saturated heterocycles. The molecule has 1 aliphatic carbocycles. The van der Waals surface area contributed by atoms with Crippen LogP contribution in [-0.4, -0.2) is 84.9 Å². The van der Waals surface area contributed by atoms with E-state index in [2.05, 4.69) is 87.6 Å². The van der Waals surface area contributed by atoms with E-state index in [1.165, 1.54) is 22.6 Å². The first kappa shape index (κ1) is 28.7. The number of benzene rings is 2. The molecule has 2 aromatic carbocycles. The van der Waals surface area contributed by atoms with Crippen LogP contribution in [0.3, 0.4) is 0 Å². The molecule has 42 heavy (non-hydrogen) atoms. The number of hydrogen-bond acceptors (Lipinski definition) is 6. The van der Waals surface area contributed by atoms with Crippen molar-refractivity contribution in [1.29, 1.82) is 0 Å². The summed E-state index contributed by atoms with van der Waals surface area (Å²) in [5.74, 6) is 3.09. The Morgan fingerprint density at radius 3 is 2.43 bits per heavy atom. The van der Waals surface area contributed by atoms with E-state index in [1.807, 2.05) is 30.5 Å². The largest absolute Gasteiger partial charge is 0.496 e. The van der Waals surface area contributed by atoms with Crippen molar-refractivity contribution in [1.82, 2.24) is 19.2 Å². The highest BCUT2D eigenvalue weighted by Gasteiger charge is 2.26. The summed E-state index contributed by atoms with van der Waals surface area (Å²) in [6.45, 7) is 10.7. The lowest BCUT2D eigenvalue weighted by Crippen LogP contribution is -2.47. The molecule has 0 bridgehead atoms. The Labute approximate surface area is 250 Å². The highest BCUT2D eigenvalue weighted by Crippen LogP contribution is 2.39. The van der Waals surface area contributed by atoms with E-state index in [9.17, 15) is 0 Å². The van der Waals surface area contributed by atoms with Crippen LogP contribution in [0.5, 0.6) is 5.75 Å². The first-order chi connectivity index (χ1) is 20.7. The van der Waals surface area contributed by atoms with Crippen molar-refractivity contribution >= 4 is 28.6 Å². The number of hydrogen-bond donors (Lipinski definition) is 1. The van der Waals surface area contributed by atoms with E-state index in [0.29, 0.717) is 0 Å². The average Bonchev–Trinajstić information content (AvgIpc) is 3.67. The molecular weight excluding hydrogens is 520 g/mol. The molecular formula is C35H41N6O. The molecule has 1 N–H and O–H groups in total. The smallest absolute Gasteiger partial charge is 0.151 e. The molecule has 1 aliphatic heterocycles. The van der Waals surface area contributed by atoms with Gasteiger partial charge in [-0.1, -0.05) is 24.3 Å². The number of anilines is 1. The van der Waals surface area contributed by atoms with Crippen molar-refractivity contribution in [3.63, 3.8) is 0 Å². The summed E-state index contributed by atoms with van der Waals surface area (Å²) in [5, 5.41) is 3.71. The zero-order chi connectivity index (χ0) is 28.7. The number of aliphatic imine (C=N–C) groups is 1. The highest BCUT2D eigenvalue weighted by molar-refractivity contribution is 5.89. The SMILES string of the molecule is COc1ccccc1C=NCCCN1CCN(CCCNc2nc3ccccc3n3cc(C)c([C]4[CH][CH][CH][CH]4)c23)CC1. The molecule has 4 aromatic rings. The number of methoxy groups -OCH3 is 1. The summed E-state index contributed by atoms with van der Waals surface area (Å²) in [5.41, 5.74) is 6.89. The third kappa shape index (κ3) is 6.47. The molecule has 217 valence electrons. The highest BCUT2D eigenvalue weighted by atomic mass is 16.5. The van der Waals surface area contributed by atoms with Crippen LogP contribution in [0.15, 0.2) is 59.7 Å². The van der Waals surface area contributed by atoms with Crippen LogP contribution >= 0.6 is 0 Å². The lowest BCUT2D eigenvalue weighted by molar-refractivity contribution is 0.132. The van der Waals surface area contributed by atoms with Crippen molar-refractivity contribution in [3.8, 4) is 5.75 Å². The first-order valence-corrected chi connectivity index (χ1v) is 15.1. The fourth-order valence-corrected chi connectivity index (χ4v) is 6.08. The number of ether oxygens (including phenoxy) is 1. The normalized spacial score (nSPS) is 17.2. The van der Waals surface area contributed by atoms with Gasteiger partial charge in [0.2, 0.25) is 0 Å². The van der Waals surface area contributed by atoms with Crippen LogP contribution in [0.1, 0.15) is 29.5 Å². The van der Waals surface area contributed by atoms with Gasteiger partial charge in [0.05, 0.1) is 23.7 Å². The predicted molar refractivity (Wildman–Crippen MR) is 173 cm³/mol. The van der Waals surface area contributed by atoms with E-state index in [0.717, 1.165) is 93.4 Å². The number of piperazine rings is 1. The Morgan fingerprint density at radius 2 is 1.64 bits per heavy atom. The molecule has 7 nitrogen and oxygen atoms in total. The van der Waals surface area contributed by atoms with Gasteiger partial charge in [0.25, 0.3) is 0 Å². The molecule has 2 fully saturated rings. The van der Waals surface area contributed by atoms with Gasteiger partial charge in [-0.25, -0.2) is 4.98 Å². The summed E-state index contributed by atoms with van der Waals surface area (Å²) in [4.78, 5) is 14.9. The minimum atomic E-state index is 0.842. The minimum Gasteiger partial charge on any atom is -0.496 e. The number of rotatable bonds is 12. The van der Waals surface area contributed by atoms with Gasteiger partial charge in [-0.15, -0.1) is 0 Å². The maximum Gasteiger partial charge on any atom is 0.151 e. The zero-order valence-corrected chi connectivity index (χ0v) is 24.8. The van der Waals surface area contributed by atoms with E-state index in [1.54, 1.807) is 7.11 Å². The van der Waals surface area contributed by atoms with Crippen LogP contribution < -0.4 is 10.1 Å². The molecule has 0 unspecified atom stereocenters. The van der Waals surface area contributed by atoms with Gasteiger partial charge in [0.15, 0.2) is 5.82 Å². The Bertz CT molecular complexity index is 1500. The number of nitrogens with one attached hydrogen (secondary N) is 1. The third-order valence-corrected chi connectivity index (χ3v) is 8.28. The van der Waals surface area contributed by atoms with Crippen LogP contribution in [-0.2, 0) is 0 Å².